The van der Waals surface area contributed by atoms with Crippen LogP contribution in [0.4, 0.5) is 5.82 Å². The SMILES string of the molecule is c1cc2cc(-c3c[nH]c4ncc(-c5ccc(N6CCNCC6)nc5)cc34)ccc2[nH]1. The number of anilines is 1. The van der Waals surface area contributed by atoms with Crippen LogP contribution >= 0.6 is 0 Å². The molecule has 6 heteroatoms. The lowest BCUT2D eigenvalue weighted by molar-refractivity contribution is 0.585. The maximum atomic E-state index is 4.71. The number of piperazine rings is 1. The van der Waals surface area contributed by atoms with Crippen LogP contribution in [0.25, 0.3) is 44.2 Å². The smallest absolute Gasteiger partial charge is 0.137 e. The van der Waals surface area contributed by atoms with Crippen LogP contribution in [0.2, 0.25) is 0 Å². The summed E-state index contributed by atoms with van der Waals surface area (Å²) in [6.07, 6.45) is 7.89. The van der Waals surface area contributed by atoms with E-state index in [9.17, 15) is 0 Å². The predicted molar refractivity (Wildman–Crippen MR) is 122 cm³/mol. The minimum atomic E-state index is 0.897. The maximum Gasteiger partial charge on any atom is 0.137 e. The van der Waals surface area contributed by atoms with E-state index in [0.717, 1.165) is 65.2 Å². The molecular formula is C24H22N6. The average Bonchev–Trinajstić information content (AvgIpc) is 3.45. The molecule has 3 N–H and O–H groups in total. The second kappa shape index (κ2) is 7.00. The van der Waals surface area contributed by atoms with Crippen LogP contribution in [0.3, 0.4) is 0 Å². The third kappa shape index (κ3) is 2.93. The zero-order valence-corrected chi connectivity index (χ0v) is 16.5. The summed E-state index contributed by atoms with van der Waals surface area (Å²) in [5.74, 6) is 1.04. The molecule has 6 nitrogen and oxygen atoms in total. The van der Waals surface area contributed by atoms with Crippen molar-refractivity contribution in [2.45, 2.75) is 0 Å². The lowest BCUT2D eigenvalue weighted by Crippen LogP contribution is -2.43. The molecule has 0 radical (unpaired) electrons. The van der Waals surface area contributed by atoms with Crippen LogP contribution in [0.15, 0.2) is 67.3 Å². The zero-order chi connectivity index (χ0) is 19.9. The first-order valence-corrected chi connectivity index (χ1v) is 10.3. The van der Waals surface area contributed by atoms with E-state index in [2.05, 4.69) is 67.6 Å². The number of aromatic amines is 2. The summed E-state index contributed by atoms with van der Waals surface area (Å²) in [5, 5.41) is 5.71. The molecule has 1 fully saturated rings. The molecule has 148 valence electrons. The molecule has 0 aliphatic carbocycles. The standard InChI is InChI=1S/C24H22N6/c1-3-22-17(5-6-26-22)11-16(1)21-15-29-24-20(21)12-19(14-28-24)18-2-4-23(27-13-18)30-9-7-25-8-10-30/h1-6,11-15,25-26H,7-10H2,(H,28,29). The van der Waals surface area contributed by atoms with Gasteiger partial charge in [0, 0.05) is 78.6 Å². The van der Waals surface area contributed by atoms with E-state index < -0.39 is 0 Å². The van der Waals surface area contributed by atoms with Crippen LogP contribution < -0.4 is 10.2 Å². The third-order valence-corrected chi connectivity index (χ3v) is 5.92. The fourth-order valence-electron chi connectivity index (χ4n) is 4.26. The van der Waals surface area contributed by atoms with Crippen molar-refractivity contribution in [1.29, 1.82) is 0 Å². The molecule has 0 atom stereocenters. The van der Waals surface area contributed by atoms with Gasteiger partial charge in [0.1, 0.15) is 11.5 Å². The highest BCUT2D eigenvalue weighted by Gasteiger charge is 2.13. The molecule has 30 heavy (non-hydrogen) atoms. The first-order valence-electron chi connectivity index (χ1n) is 10.3. The van der Waals surface area contributed by atoms with Gasteiger partial charge in [-0.2, -0.15) is 0 Å². The summed E-state index contributed by atoms with van der Waals surface area (Å²) in [6, 6.07) is 15.1. The second-order valence-electron chi connectivity index (χ2n) is 7.74. The van der Waals surface area contributed by atoms with Gasteiger partial charge in [0.15, 0.2) is 0 Å². The normalized spacial score (nSPS) is 14.6. The minimum Gasteiger partial charge on any atom is -0.361 e. The van der Waals surface area contributed by atoms with Crippen molar-refractivity contribution in [1.82, 2.24) is 25.3 Å². The number of fused-ring (bicyclic) bond motifs is 2. The molecule has 0 spiro atoms. The molecular weight excluding hydrogens is 372 g/mol. The molecule has 4 aromatic heterocycles. The van der Waals surface area contributed by atoms with Crippen LogP contribution in [-0.2, 0) is 0 Å². The molecule has 1 aromatic carbocycles. The van der Waals surface area contributed by atoms with Gasteiger partial charge < -0.3 is 20.2 Å². The van der Waals surface area contributed by atoms with Crippen LogP contribution in [0.5, 0.6) is 0 Å². The summed E-state index contributed by atoms with van der Waals surface area (Å²) < 4.78 is 0. The Morgan fingerprint density at radius 2 is 1.67 bits per heavy atom. The Labute approximate surface area is 174 Å². The van der Waals surface area contributed by atoms with Crippen molar-refractivity contribution in [2.24, 2.45) is 0 Å². The van der Waals surface area contributed by atoms with Gasteiger partial charge in [-0.25, -0.2) is 9.97 Å². The topological polar surface area (TPSA) is 72.6 Å². The average molecular weight is 394 g/mol. The van der Waals surface area contributed by atoms with Gasteiger partial charge in [-0.05, 0) is 47.3 Å². The van der Waals surface area contributed by atoms with Crippen molar-refractivity contribution in [3.63, 3.8) is 0 Å². The monoisotopic (exact) mass is 394 g/mol. The van der Waals surface area contributed by atoms with Gasteiger partial charge in [0.2, 0.25) is 0 Å². The van der Waals surface area contributed by atoms with Crippen LogP contribution in [-0.4, -0.2) is 46.1 Å². The Hall–Kier alpha value is -3.64. The first-order chi connectivity index (χ1) is 14.8. The molecule has 0 bridgehead atoms. The highest BCUT2D eigenvalue weighted by molar-refractivity contribution is 5.98. The van der Waals surface area contributed by atoms with Gasteiger partial charge in [0.05, 0.1) is 0 Å². The summed E-state index contributed by atoms with van der Waals surface area (Å²) in [6.45, 7) is 4.01. The summed E-state index contributed by atoms with van der Waals surface area (Å²) in [5.41, 5.74) is 6.54. The number of pyridine rings is 2. The number of nitrogens with zero attached hydrogens (tertiary/aromatic N) is 3. The summed E-state index contributed by atoms with van der Waals surface area (Å²) in [7, 11) is 0. The van der Waals surface area contributed by atoms with E-state index in [0.29, 0.717) is 0 Å². The number of hydrogen-bond donors (Lipinski definition) is 3. The van der Waals surface area contributed by atoms with E-state index in [-0.39, 0.29) is 0 Å². The lowest BCUT2D eigenvalue weighted by atomic mass is 10.0. The van der Waals surface area contributed by atoms with Crippen LogP contribution in [0.1, 0.15) is 0 Å². The molecule has 5 aromatic rings. The molecule has 6 rings (SSSR count). The molecule has 1 saturated heterocycles. The Bertz CT molecular complexity index is 1330. The number of aromatic nitrogens is 4. The molecule has 5 heterocycles. The molecule has 1 aliphatic heterocycles. The molecule has 0 saturated carbocycles. The van der Waals surface area contributed by atoms with Crippen molar-refractivity contribution in [3.8, 4) is 22.3 Å². The van der Waals surface area contributed by atoms with Gasteiger partial charge in [-0.3, -0.25) is 0 Å². The number of rotatable bonds is 3. The number of H-pyrrole nitrogens is 2. The third-order valence-electron chi connectivity index (χ3n) is 5.92. The largest absolute Gasteiger partial charge is 0.361 e. The second-order valence-corrected chi connectivity index (χ2v) is 7.74. The minimum absolute atomic E-state index is 0.897. The highest BCUT2D eigenvalue weighted by Crippen LogP contribution is 2.32. The van der Waals surface area contributed by atoms with Gasteiger partial charge in [0.25, 0.3) is 0 Å². The van der Waals surface area contributed by atoms with Crippen LogP contribution in [0, 0.1) is 0 Å². The predicted octanol–water partition coefficient (Wildman–Crippen LogP) is 4.18. The van der Waals surface area contributed by atoms with E-state index in [1.54, 1.807) is 0 Å². The molecule has 1 aliphatic rings. The lowest BCUT2D eigenvalue weighted by Gasteiger charge is -2.28. The Morgan fingerprint density at radius 1 is 0.800 bits per heavy atom. The van der Waals surface area contributed by atoms with E-state index in [1.807, 2.05) is 24.8 Å². The van der Waals surface area contributed by atoms with E-state index in [4.69, 9.17) is 4.98 Å². The van der Waals surface area contributed by atoms with Crippen molar-refractivity contribution in [2.75, 3.05) is 31.1 Å². The van der Waals surface area contributed by atoms with E-state index in [1.165, 1.54) is 10.9 Å². The zero-order valence-electron chi connectivity index (χ0n) is 16.5. The fourth-order valence-corrected chi connectivity index (χ4v) is 4.26. The van der Waals surface area contributed by atoms with Gasteiger partial charge in [-0.1, -0.05) is 6.07 Å². The fraction of sp³-hybridized carbons (Fsp3) is 0.167. The Balaban J connectivity index is 1.37. The summed E-state index contributed by atoms with van der Waals surface area (Å²) >= 11 is 0. The highest BCUT2D eigenvalue weighted by atomic mass is 15.2. The van der Waals surface area contributed by atoms with E-state index >= 15 is 0 Å². The maximum absolute atomic E-state index is 4.71. The summed E-state index contributed by atoms with van der Waals surface area (Å²) in [4.78, 5) is 18.3. The van der Waals surface area contributed by atoms with Crippen molar-refractivity contribution >= 4 is 27.8 Å². The number of nitrogens with one attached hydrogen (secondary N) is 3. The van der Waals surface area contributed by atoms with Crippen molar-refractivity contribution < 1.29 is 0 Å². The first kappa shape index (κ1) is 17.2. The molecule has 0 amide bonds. The quantitative estimate of drug-likeness (QED) is 0.429. The van der Waals surface area contributed by atoms with Crippen molar-refractivity contribution in [3.05, 3.63) is 67.3 Å². The van der Waals surface area contributed by atoms with Gasteiger partial charge >= 0.3 is 0 Å². The Morgan fingerprint density at radius 3 is 2.53 bits per heavy atom. The van der Waals surface area contributed by atoms with Gasteiger partial charge in [-0.15, -0.1) is 0 Å². The molecule has 0 unspecified atom stereocenters. The Kier molecular flexibility index (Phi) is 4.02. The number of hydrogen-bond acceptors (Lipinski definition) is 4. The number of benzene rings is 1.